The van der Waals surface area contributed by atoms with Gasteiger partial charge in [-0.3, -0.25) is 9.59 Å². The van der Waals surface area contributed by atoms with E-state index in [1.54, 1.807) is 54.5 Å². The van der Waals surface area contributed by atoms with E-state index < -0.39 is 0 Å². The van der Waals surface area contributed by atoms with Crippen LogP contribution in [-0.2, 0) is 0 Å². The van der Waals surface area contributed by atoms with Crippen molar-refractivity contribution < 1.29 is 14.0 Å². The fraction of sp³-hybridized carbons (Fsp3) is 0.130. The van der Waals surface area contributed by atoms with Crippen molar-refractivity contribution in [1.82, 2.24) is 20.1 Å². The van der Waals surface area contributed by atoms with Crippen molar-refractivity contribution in [2.45, 2.75) is 13.0 Å². The highest BCUT2D eigenvalue weighted by molar-refractivity contribution is 9.10. The average Bonchev–Trinajstić information content (AvgIpc) is 3.50. The molecule has 1 unspecified atom stereocenters. The Morgan fingerprint density at radius 3 is 2.50 bits per heavy atom. The number of nitrogens with one attached hydrogen (secondary N) is 1. The molecule has 0 aliphatic rings. The third kappa shape index (κ3) is 4.47. The Morgan fingerprint density at radius 1 is 1.09 bits per heavy atom. The molecule has 0 spiro atoms. The molecule has 162 valence electrons. The number of para-hydroxylation sites is 1. The van der Waals surface area contributed by atoms with Gasteiger partial charge in [-0.25, -0.2) is 9.67 Å². The minimum atomic E-state index is -0.354. The maximum absolute atomic E-state index is 13.1. The van der Waals surface area contributed by atoms with Gasteiger partial charge >= 0.3 is 0 Å². The highest BCUT2D eigenvalue weighted by Gasteiger charge is 2.22. The molecule has 2 aromatic heterocycles. The minimum absolute atomic E-state index is 0.176. The molecule has 0 radical (unpaired) electrons. The number of benzene rings is 2. The Bertz CT molecular complexity index is 1230. The summed E-state index contributed by atoms with van der Waals surface area (Å²) in [5.74, 6) is -0.461. The van der Waals surface area contributed by atoms with E-state index in [0.29, 0.717) is 15.9 Å². The van der Waals surface area contributed by atoms with Crippen LogP contribution in [0, 0.1) is 0 Å². The molecule has 8 nitrogen and oxygen atoms in total. The maximum atomic E-state index is 13.1. The van der Waals surface area contributed by atoms with E-state index in [-0.39, 0.29) is 23.6 Å². The Balaban J connectivity index is 1.50. The standard InChI is InChI=1S/C23H20BrN5O3/c1-15(16-7-9-17(10-8-16)29-14-25-13-26-29)27-22(30)18-5-3-4-6-19(18)28(2)23(31)20-11-12-21(24)32-20/h3-15H,1-2H3,(H,27,30). The fourth-order valence-corrected chi connectivity index (χ4v) is 3.58. The van der Waals surface area contributed by atoms with Gasteiger partial charge in [-0.15, -0.1) is 0 Å². The molecule has 1 atom stereocenters. The molecule has 9 heteroatoms. The van der Waals surface area contributed by atoms with Gasteiger partial charge in [-0.2, -0.15) is 5.10 Å². The van der Waals surface area contributed by atoms with Gasteiger partial charge in [-0.05, 0) is 64.8 Å². The van der Waals surface area contributed by atoms with Crippen LogP contribution in [0.2, 0.25) is 0 Å². The monoisotopic (exact) mass is 493 g/mol. The van der Waals surface area contributed by atoms with Gasteiger partial charge in [0.15, 0.2) is 10.4 Å². The average molecular weight is 494 g/mol. The Morgan fingerprint density at radius 2 is 1.84 bits per heavy atom. The summed E-state index contributed by atoms with van der Waals surface area (Å²) >= 11 is 3.20. The van der Waals surface area contributed by atoms with Crippen LogP contribution in [0.3, 0.4) is 0 Å². The van der Waals surface area contributed by atoms with Gasteiger partial charge < -0.3 is 14.6 Å². The number of carbonyl (C=O) groups excluding carboxylic acids is 2. The molecule has 0 aliphatic carbocycles. The van der Waals surface area contributed by atoms with Crippen LogP contribution >= 0.6 is 15.9 Å². The van der Waals surface area contributed by atoms with Crippen LogP contribution in [0.4, 0.5) is 5.69 Å². The molecule has 32 heavy (non-hydrogen) atoms. The summed E-state index contributed by atoms with van der Waals surface area (Å²) in [5.41, 5.74) is 2.68. The molecule has 0 saturated carbocycles. The largest absolute Gasteiger partial charge is 0.444 e. The quantitative estimate of drug-likeness (QED) is 0.429. The van der Waals surface area contributed by atoms with Crippen LogP contribution in [0.15, 0.2) is 82.4 Å². The van der Waals surface area contributed by atoms with Gasteiger partial charge in [0, 0.05) is 7.05 Å². The van der Waals surface area contributed by atoms with Crippen LogP contribution in [-0.4, -0.2) is 33.6 Å². The summed E-state index contributed by atoms with van der Waals surface area (Å²) in [5, 5.41) is 7.11. The van der Waals surface area contributed by atoms with Crippen molar-refractivity contribution in [3.8, 4) is 5.69 Å². The molecule has 1 N–H and O–H groups in total. The second-order valence-electron chi connectivity index (χ2n) is 7.11. The van der Waals surface area contributed by atoms with Gasteiger partial charge in [0.25, 0.3) is 11.8 Å². The summed E-state index contributed by atoms with van der Waals surface area (Å²) in [4.78, 5) is 31.2. The van der Waals surface area contributed by atoms with Crippen molar-refractivity contribution in [2.24, 2.45) is 0 Å². The highest BCUT2D eigenvalue weighted by Crippen LogP contribution is 2.24. The molecular weight excluding hydrogens is 474 g/mol. The van der Waals surface area contributed by atoms with Crippen LogP contribution in [0.1, 0.15) is 39.4 Å². The van der Waals surface area contributed by atoms with Gasteiger partial charge in [0.05, 0.1) is 23.0 Å². The lowest BCUT2D eigenvalue weighted by molar-refractivity contribution is 0.0940. The van der Waals surface area contributed by atoms with Gasteiger partial charge in [-0.1, -0.05) is 24.3 Å². The van der Waals surface area contributed by atoms with E-state index in [4.69, 9.17) is 4.42 Å². The SMILES string of the molecule is CC(NC(=O)c1ccccc1N(C)C(=O)c1ccc(Br)o1)c1ccc(-n2cncn2)cc1. The number of hydrogen-bond acceptors (Lipinski definition) is 5. The van der Waals surface area contributed by atoms with Gasteiger partial charge in [0.2, 0.25) is 0 Å². The zero-order valence-electron chi connectivity index (χ0n) is 17.4. The molecule has 0 bridgehead atoms. The number of carbonyl (C=O) groups is 2. The number of furan rings is 1. The first kappa shape index (κ1) is 21.5. The lowest BCUT2D eigenvalue weighted by Crippen LogP contribution is -2.31. The number of hydrogen-bond donors (Lipinski definition) is 1. The second-order valence-corrected chi connectivity index (χ2v) is 7.89. The molecule has 0 fully saturated rings. The predicted octanol–water partition coefficient (Wildman–Crippen LogP) is 4.39. The molecule has 4 aromatic rings. The Hall–Kier alpha value is -3.72. The molecule has 2 aromatic carbocycles. The smallest absolute Gasteiger partial charge is 0.293 e. The van der Waals surface area contributed by atoms with E-state index in [2.05, 4.69) is 31.3 Å². The van der Waals surface area contributed by atoms with Crippen molar-refractivity contribution in [1.29, 1.82) is 0 Å². The zero-order valence-corrected chi connectivity index (χ0v) is 19.0. The lowest BCUT2D eigenvalue weighted by Gasteiger charge is -2.21. The Labute approximate surface area is 193 Å². The van der Waals surface area contributed by atoms with E-state index in [1.165, 1.54) is 11.2 Å². The molecule has 0 saturated heterocycles. The number of anilines is 1. The normalized spacial score (nSPS) is 11.7. The summed E-state index contributed by atoms with van der Waals surface area (Å²) in [7, 11) is 1.61. The van der Waals surface area contributed by atoms with Crippen LogP contribution in [0.25, 0.3) is 5.69 Å². The van der Waals surface area contributed by atoms with E-state index in [0.717, 1.165) is 11.3 Å². The van der Waals surface area contributed by atoms with E-state index in [1.807, 2.05) is 31.2 Å². The molecule has 2 heterocycles. The molecular formula is C23H20BrN5O3. The van der Waals surface area contributed by atoms with Crippen molar-refractivity contribution in [2.75, 3.05) is 11.9 Å². The third-order valence-corrected chi connectivity index (χ3v) is 5.45. The Kier molecular flexibility index (Phi) is 6.18. The number of amides is 2. The van der Waals surface area contributed by atoms with Gasteiger partial charge in [0.1, 0.15) is 12.7 Å². The predicted molar refractivity (Wildman–Crippen MR) is 123 cm³/mol. The highest BCUT2D eigenvalue weighted by atomic mass is 79.9. The lowest BCUT2D eigenvalue weighted by atomic mass is 10.1. The first-order chi connectivity index (χ1) is 15.4. The van der Waals surface area contributed by atoms with Crippen molar-refractivity contribution in [3.05, 3.63) is 94.9 Å². The van der Waals surface area contributed by atoms with Crippen molar-refractivity contribution in [3.63, 3.8) is 0 Å². The third-order valence-electron chi connectivity index (χ3n) is 5.02. The first-order valence-electron chi connectivity index (χ1n) is 9.82. The number of halogens is 1. The molecule has 2 amide bonds. The number of nitrogens with zero attached hydrogens (tertiary/aromatic N) is 4. The van der Waals surface area contributed by atoms with E-state index in [9.17, 15) is 9.59 Å². The zero-order chi connectivity index (χ0) is 22.7. The van der Waals surface area contributed by atoms with E-state index >= 15 is 0 Å². The topological polar surface area (TPSA) is 93.3 Å². The first-order valence-corrected chi connectivity index (χ1v) is 10.6. The van der Waals surface area contributed by atoms with Crippen molar-refractivity contribution >= 4 is 33.4 Å². The summed E-state index contributed by atoms with van der Waals surface area (Å²) in [6.07, 6.45) is 3.09. The fourth-order valence-electron chi connectivity index (χ4n) is 3.28. The summed E-state index contributed by atoms with van der Waals surface area (Å²) in [6.45, 7) is 1.90. The van der Waals surface area contributed by atoms with Crippen LogP contribution < -0.4 is 10.2 Å². The summed E-state index contributed by atoms with van der Waals surface area (Å²) in [6, 6.07) is 17.6. The maximum Gasteiger partial charge on any atom is 0.293 e. The molecule has 4 rings (SSSR count). The number of aromatic nitrogens is 3. The van der Waals surface area contributed by atoms with Crippen LogP contribution in [0.5, 0.6) is 0 Å². The molecule has 0 aliphatic heterocycles. The second kappa shape index (κ2) is 9.19. The minimum Gasteiger partial charge on any atom is -0.444 e. The summed E-state index contributed by atoms with van der Waals surface area (Å²) < 4.78 is 7.48. The number of rotatable bonds is 6.